The van der Waals surface area contributed by atoms with Crippen molar-refractivity contribution in [2.24, 2.45) is 5.10 Å². The van der Waals surface area contributed by atoms with Gasteiger partial charge in [-0.1, -0.05) is 17.2 Å². The van der Waals surface area contributed by atoms with Gasteiger partial charge in [0.05, 0.1) is 18.8 Å². The van der Waals surface area contributed by atoms with Crippen molar-refractivity contribution in [1.82, 2.24) is 15.0 Å². The second kappa shape index (κ2) is 8.78. The van der Waals surface area contributed by atoms with Crippen LogP contribution in [0.4, 0.5) is 0 Å². The van der Waals surface area contributed by atoms with E-state index in [1.54, 1.807) is 25.0 Å². The number of furan rings is 1. The van der Waals surface area contributed by atoms with Gasteiger partial charge < -0.3 is 8.98 Å². The van der Waals surface area contributed by atoms with Gasteiger partial charge in [0, 0.05) is 12.4 Å². The molecule has 0 aromatic carbocycles. The maximum Gasteiger partial charge on any atom is 0.146 e. The standard InChI is InChI=1S/C18H24N4O/c1-15(2)6-4-7-16(3)12-18(22-10-9-19-14-22)21-20-13-17-8-5-11-23-17/h5-6,8-14,18,21H,4,7H2,1-3H3. The molecule has 23 heavy (non-hydrogen) atoms. The van der Waals surface area contributed by atoms with Crippen molar-refractivity contribution in [2.45, 2.75) is 39.8 Å². The lowest BCUT2D eigenvalue weighted by Gasteiger charge is -2.15. The van der Waals surface area contributed by atoms with Gasteiger partial charge in [0.2, 0.25) is 0 Å². The fourth-order valence-electron chi connectivity index (χ4n) is 2.11. The topological polar surface area (TPSA) is 55.4 Å². The van der Waals surface area contributed by atoms with Gasteiger partial charge in [-0.2, -0.15) is 5.10 Å². The molecule has 2 aromatic heterocycles. The van der Waals surface area contributed by atoms with Gasteiger partial charge in [-0.3, -0.25) is 5.43 Å². The lowest BCUT2D eigenvalue weighted by molar-refractivity contribution is 0.494. The molecule has 5 heteroatoms. The maximum atomic E-state index is 5.23. The molecule has 0 bridgehead atoms. The number of imidazole rings is 1. The van der Waals surface area contributed by atoms with Crippen LogP contribution in [0, 0.1) is 0 Å². The summed E-state index contributed by atoms with van der Waals surface area (Å²) in [5, 5.41) is 4.26. The highest BCUT2D eigenvalue weighted by Gasteiger charge is 2.05. The number of hydrogen-bond donors (Lipinski definition) is 1. The largest absolute Gasteiger partial charge is 0.463 e. The number of rotatable bonds is 8. The Morgan fingerprint density at radius 3 is 2.96 bits per heavy atom. The van der Waals surface area contributed by atoms with Crippen LogP contribution in [0.2, 0.25) is 0 Å². The molecule has 0 aliphatic carbocycles. The van der Waals surface area contributed by atoms with Crippen molar-refractivity contribution in [3.05, 3.63) is 66.2 Å². The highest BCUT2D eigenvalue weighted by Crippen LogP contribution is 2.13. The number of allylic oxidation sites excluding steroid dienone is 3. The van der Waals surface area contributed by atoms with Gasteiger partial charge >= 0.3 is 0 Å². The van der Waals surface area contributed by atoms with Crippen LogP contribution in [0.3, 0.4) is 0 Å². The molecule has 1 unspecified atom stereocenters. The normalized spacial score (nSPS) is 13.3. The molecular formula is C18H24N4O. The van der Waals surface area contributed by atoms with E-state index in [1.165, 1.54) is 11.1 Å². The first-order valence-electron chi connectivity index (χ1n) is 7.75. The summed E-state index contributed by atoms with van der Waals surface area (Å²) in [6.07, 6.45) is 15.2. The molecule has 1 N–H and O–H groups in total. The Kier molecular flexibility index (Phi) is 6.41. The highest BCUT2D eigenvalue weighted by molar-refractivity contribution is 5.75. The van der Waals surface area contributed by atoms with E-state index in [4.69, 9.17) is 4.42 Å². The zero-order valence-electron chi connectivity index (χ0n) is 13.9. The van der Waals surface area contributed by atoms with E-state index in [2.05, 4.69) is 48.4 Å². The first-order valence-corrected chi connectivity index (χ1v) is 7.75. The third kappa shape index (κ3) is 5.98. The predicted molar refractivity (Wildman–Crippen MR) is 93.1 cm³/mol. The fourth-order valence-corrected chi connectivity index (χ4v) is 2.11. The van der Waals surface area contributed by atoms with Crippen LogP contribution in [0.25, 0.3) is 0 Å². The van der Waals surface area contributed by atoms with E-state index >= 15 is 0 Å². The first kappa shape index (κ1) is 16.8. The molecule has 0 amide bonds. The Labute approximate surface area is 137 Å². The zero-order valence-corrected chi connectivity index (χ0v) is 13.9. The minimum absolute atomic E-state index is 0.0737. The third-order valence-corrected chi connectivity index (χ3v) is 3.32. The van der Waals surface area contributed by atoms with Crippen LogP contribution in [0.5, 0.6) is 0 Å². The molecule has 0 radical (unpaired) electrons. The Balaban J connectivity index is 2.01. The first-order chi connectivity index (χ1) is 11.1. The van der Waals surface area contributed by atoms with Gasteiger partial charge in [0.25, 0.3) is 0 Å². The van der Waals surface area contributed by atoms with E-state index < -0.39 is 0 Å². The quantitative estimate of drug-likeness (QED) is 0.449. The Bertz CT molecular complexity index is 647. The third-order valence-electron chi connectivity index (χ3n) is 3.32. The van der Waals surface area contributed by atoms with E-state index in [0.29, 0.717) is 5.76 Å². The molecular weight excluding hydrogens is 288 g/mol. The van der Waals surface area contributed by atoms with E-state index in [9.17, 15) is 0 Å². The van der Waals surface area contributed by atoms with E-state index in [0.717, 1.165) is 12.8 Å². The second-order valence-corrected chi connectivity index (χ2v) is 5.69. The highest BCUT2D eigenvalue weighted by atomic mass is 16.3. The molecule has 0 saturated carbocycles. The van der Waals surface area contributed by atoms with Gasteiger partial charge in [0.1, 0.15) is 11.9 Å². The minimum Gasteiger partial charge on any atom is -0.463 e. The molecule has 0 saturated heterocycles. The summed E-state index contributed by atoms with van der Waals surface area (Å²) in [5.41, 5.74) is 5.79. The molecule has 2 rings (SSSR count). The lowest BCUT2D eigenvalue weighted by atomic mass is 10.1. The molecule has 2 heterocycles. The summed E-state index contributed by atoms with van der Waals surface area (Å²) in [4.78, 5) is 4.11. The predicted octanol–water partition coefficient (Wildman–Crippen LogP) is 4.29. The van der Waals surface area contributed by atoms with Crippen LogP contribution in [-0.4, -0.2) is 15.8 Å². The Morgan fingerprint density at radius 2 is 2.30 bits per heavy atom. The summed E-state index contributed by atoms with van der Waals surface area (Å²) in [7, 11) is 0. The van der Waals surface area contributed by atoms with Crippen LogP contribution in [0.15, 0.2) is 69.9 Å². The summed E-state index contributed by atoms with van der Waals surface area (Å²) >= 11 is 0. The van der Waals surface area contributed by atoms with E-state index in [1.807, 2.05) is 22.9 Å². The van der Waals surface area contributed by atoms with Crippen LogP contribution < -0.4 is 5.43 Å². The van der Waals surface area contributed by atoms with Crippen LogP contribution >= 0.6 is 0 Å². The summed E-state index contributed by atoms with van der Waals surface area (Å²) < 4.78 is 7.21. The molecule has 2 aromatic rings. The molecule has 0 aliphatic heterocycles. The SMILES string of the molecule is CC(C)=CCCC(C)=CC(NN=Cc1ccco1)n1ccnc1. The number of hydrogen-bond acceptors (Lipinski definition) is 4. The number of aromatic nitrogens is 2. The van der Waals surface area contributed by atoms with Crippen molar-refractivity contribution in [3.63, 3.8) is 0 Å². The molecule has 0 fully saturated rings. The average Bonchev–Trinajstić information content (AvgIpc) is 3.19. The van der Waals surface area contributed by atoms with Crippen molar-refractivity contribution in [2.75, 3.05) is 0 Å². The summed E-state index contributed by atoms with van der Waals surface area (Å²) in [6.45, 7) is 6.39. The minimum atomic E-state index is -0.0737. The Morgan fingerprint density at radius 1 is 1.43 bits per heavy atom. The van der Waals surface area contributed by atoms with Crippen LogP contribution in [0.1, 0.15) is 45.5 Å². The second-order valence-electron chi connectivity index (χ2n) is 5.69. The van der Waals surface area contributed by atoms with Crippen molar-refractivity contribution < 1.29 is 4.42 Å². The molecule has 0 aliphatic rings. The Hall–Kier alpha value is -2.56. The van der Waals surface area contributed by atoms with Gasteiger partial charge in [-0.25, -0.2) is 4.98 Å². The lowest BCUT2D eigenvalue weighted by Crippen LogP contribution is -2.20. The molecule has 122 valence electrons. The van der Waals surface area contributed by atoms with Crippen molar-refractivity contribution in [1.29, 1.82) is 0 Å². The molecule has 0 spiro atoms. The van der Waals surface area contributed by atoms with Gasteiger partial charge in [0.15, 0.2) is 0 Å². The molecule has 1 atom stereocenters. The maximum absolute atomic E-state index is 5.23. The number of nitrogens with one attached hydrogen (secondary N) is 1. The zero-order chi connectivity index (χ0) is 16.5. The summed E-state index contributed by atoms with van der Waals surface area (Å²) in [5.74, 6) is 0.714. The van der Waals surface area contributed by atoms with Gasteiger partial charge in [-0.15, -0.1) is 0 Å². The van der Waals surface area contributed by atoms with Crippen LogP contribution in [-0.2, 0) is 0 Å². The van der Waals surface area contributed by atoms with Crippen molar-refractivity contribution in [3.8, 4) is 0 Å². The number of nitrogens with zero attached hydrogens (tertiary/aromatic N) is 3. The molecule has 5 nitrogen and oxygen atoms in total. The average molecular weight is 312 g/mol. The summed E-state index contributed by atoms with van der Waals surface area (Å²) in [6, 6.07) is 3.69. The monoisotopic (exact) mass is 312 g/mol. The smallest absolute Gasteiger partial charge is 0.146 e. The van der Waals surface area contributed by atoms with Crippen molar-refractivity contribution >= 4 is 6.21 Å². The van der Waals surface area contributed by atoms with Gasteiger partial charge in [-0.05, 0) is 51.8 Å². The fraction of sp³-hybridized carbons (Fsp3) is 0.333. The number of hydrazone groups is 1. The van der Waals surface area contributed by atoms with E-state index in [-0.39, 0.29) is 6.17 Å².